The fraction of sp³-hybridized carbons (Fsp3) is 0.320. The maximum Gasteiger partial charge on any atom is 0.249 e. The standard InChI is InChI=1S/C25H25F2N9/c1-2-36-23(31-18-6-3-16(4-7-18)19-9-10-29-22(28)32-19)33-21(34-36)17-5-8-20(30-11-17)35-14-24(15-35)12-25(26,27)13-24/h3-11H,2,12-15H2,1H3,(H2,28,29,32)(H,31,33,34). The molecule has 4 heterocycles. The van der Waals surface area contributed by atoms with Crippen molar-refractivity contribution in [3.8, 4) is 22.6 Å². The van der Waals surface area contributed by atoms with Gasteiger partial charge in [-0.3, -0.25) is 0 Å². The first kappa shape index (κ1) is 22.3. The second-order valence-electron chi connectivity index (χ2n) is 9.55. The van der Waals surface area contributed by atoms with Gasteiger partial charge in [0.15, 0.2) is 5.82 Å². The lowest BCUT2D eigenvalue weighted by Crippen LogP contribution is -2.66. The smallest absolute Gasteiger partial charge is 0.249 e. The maximum absolute atomic E-state index is 13.3. The molecular formula is C25H25F2N9. The number of anilines is 4. The van der Waals surface area contributed by atoms with E-state index in [1.165, 1.54) is 0 Å². The Kier molecular flexibility index (Phi) is 5.09. The van der Waals surface area contributed by atoms with E-state index in [0.29, 0.717) is 31.4 Å². The molecule has 184 valence electrons. The van der Waals surface area contributed by atoms with Crippen LogP contribution < -0.4 is 16.0 Å². The number of alkyl halides is 2. The molecule has 11 heteroatoms. The van der Waals surface area contributed by atoms with E-state index in [9.17, 15) is 8.78 Å². The van der Waals surface area contributed by atoms with E-state index >= 15 is 0 Å². The van der Waals surface area contributed by atoms with Crippen LogP contribution in [-0.4, -0.2) is 48.7 Å². The first-order chi connectivity index (χ1) is 17.3. The Hall–Kier alpha value is -4.15. The van der Waals surface area contributed by atoms with Gasteiger partial charge in [-0.1, -0.05) is 12.1 Å². The average molecular weight is 490 g/mol. The van der Waals surface area contributed by atoms with Gasteiger partial charge in [-0.15, -0.1) is 5.10 Å². The second kappa shape index (κ2) is 8.21. The summed E-state index contributed by atoms with van der Waals surface area (Å²) >= 11 is 0. The van der Waals surface area contributed by atoms with Crippen LogP contribution >= 0.6 is 0 Å². The lowest BCUT2D eigenvalue weighted by Gasteiger charge is -2.59. The molecule has 3 N–H and O–H groups in total. The number of halogens is 2. The number of hydrogen-bond donors (Lipinski definition) is 2. The minimum Gasteiger partial charge on any atom is -0.368 e. The minimum absolute atomic E-state index is 0.0132. The predicted molar refractivity (Wildman–Crippen MR) is 133 cm³/mol. The number of pyridine rings is 1. The van der Waals surface area contributed by atoms with Gasteiger partial charge in [-0.05, 0) is 37.3 Å². The number of aryl methyl sites for hydroxylation is 1. The van der Waals surface area contributed by atoms with Crippen LogP contribution in [-0.2, 0) is 6.54 Å². The largest absolute Gasteiger partial charge is 0.368 e. The number of benzene rings is 1. The summed E-state index contributed by atoms with van der Waals surface area (Å²) in [5.74, 6) is -0.292. The summed E-state index contributed by atoms with van der Waals surface area (Å²) < 4.78 is 28.3. The summed E-state index contributed by atoms with van der Waals surface area (Å²) in [4.78, 5) is 19.4. The minimum atomic E-state index is -2.49. The van der Waals surface area contributed by atoms with Crippen LogP contribution in [0.4, 0.5) is 32.2 Å². The molecule has 4 aromatic rings. The molecule has 2 fully saturated rings. The van der Waals surface area contributed by atoms with E-state index in [0.717, 1.165) is 28.3 Å². The number of hydrogen-bond acceptors (Lipinski definition) is 8. The fourth-order valence-corrected chi connectivity index (χ4v) is 5.07. The lowest BCUT2D eigenvalue weighted by molar-refractivity contribution is -0.170. The van der Waals surface area contributed by atoms with Crippen LogP contribution in [0.3, 0.4) is 0 Å². The van der Waals surface area contributed by atoms with Crippen molar-refractivity contribution in [2.24, 2.45) is 5.41 Å². The van der Waals surface area contributed by atoms with Crippen LogP contribution in [0.1, 0.15) is 19.8 Å². The van der Waals surface area contributed by atoms with Crippen molar-refractivity contribution in [2.45, 2.75) is 32.2 Å². The Balaban J connectivity index is 1.14. The molecule has 0 radical (unpaired) electrons. The fourth-order valence-electron chi connectivity index (χ4n) is 5.07. The number of rotatable bonds is 6. The summed E-state index contributed by atoms with van der Waals surface area (Å²) in [5, 5.41) is 7.94. The van der Waals surface area contributed by atoms with E-state index < -0.39 is 5.92 Å². The highest BCUT2D eigenvalue weighted by Crippen LogP contribution is 2.57. The van der Waals surface area contributed by atoms with Gasteiger partial charge >= 0.3 is 0 Å². The molecule has 1 saturated carbocycles. The van der Waals surface area contributed by atoms with Crippen LogP contribution in [0.25, 0.3) is 22.6 Å². The molecule has 1 aliphatic carbocycles. The molecule has 1 spiro atoms. The number of nitrogens with zero attached hydrogens (tertiary/aromatic N) is 7. The highest BCUT2D eigenvalue weighted by atomic mass is 19.3. The van der Waals surface area contributed by atoms with Gasteiger partial charge in [0.05, 0.1) is 5.69 Å². The zero-order valence-corrected chi connectivity index (χ0v) is 19.7. The first-order valence-corrected chi connectivity index (χ1v) is 11.8. The molecule has 9 nitrogen and oxygen atoms in total. The van der Waals surface area contributed by atoms with E-state index in [-0.39, 0.29) is 24.2 Å². The molecule has 0 bridgehead atoms. The van der Waals surface area contributed by atoms with Crippen molar-refractivity contribution in [3.63, 3.8) is 0 Å². The number of nitrogens with one attached hydrogen (secondary N) is 1. The molecule has 1 aliphatic heterocycles. The van der Waals surface area contributed by atoms with E-state index in [1.54, 1.807) is 17.1 Å². The lowest BCUT2D eigenvalue weighted by atomic mass is 9.61. The molecule has 0 unspecified atom stereocenters. The normalized spacial score (nSPS) is 17.5. The Morgan fingerprint density at radius 3 is 2.36 bits per heavy atom. The summed E-state index contributed by atoms with van der Waals surface area (Å²) in [6.45, 7) is 3.90. The van der Waals surface area contributed by atoms with Crippen molar-refractivity contribution >= 4 is 23.4 Å². The summed E-state index contributed by atoms with van der Waals surface area (Å²) in [5.41, 5.74) is 8.78. The van der Waals surface area contributed by atoms with Crippen LogP contribution in [0.15, 0.2) is 54.9 Å². The summed E-state index contributed by atoms with van der Waals surface area (Å²) in [6.07, 6.45) is 3.34. The molecule has 1 saturated heterocycles. The monoisotopic (exact) mass is 489 g/mol. The third-order valence-corrected chi connectivity index (χ3v) is 6.73. The zero-order chi connectivity index (χ0) is 24.9. The third-order valence-electron chi connectivity index (χ3n) is 6.73. The van der Waals surface area contributed by atoms with Gasteiger partial charge in [-0.2, -0.15) is 4.98 Å². The van der Waals surface area contributed by atoms with Crippen LogP contribution in [0.2, 0.25) is 0 Å². The van der Waals surface area contributed by atoms with E-state index in [2.05, 4.69) is 30.4 Å². The van der Waals surface area contributed by atoms with Gasteiger partial charge in [0, 0.05) is 67.1 Å². The summed E-state index contributed by atoms with van der Waals surface area (Å²) in [7, 11) is 0. The van der Waals surface area contributed by atoms with Gasteiger partial charge in [0.25, 0.3) is 0 Å². The van der Waals surface area contributed by atoms with Crippen molar-refractivity contribution in [3.05, 3.63) is 54.9 Å². The molecule has 2 aliphatic rings. The van der Waals surface area contributed by atoms with Gasteiger partial charge < -0.3 is 16.0 Å². The number of nitrogen functional groups attached to an aromatic ring is 1. The third kappa shape index (κ3) is 4.10. The van der Waals surface area contributed by atoms with Gasteiger partial charge in [-0.25, -0.2) is 28.4 Å². The molecule has 1 aromatic carbocycles. The van der Waals surface area contributed by atoms with Gasteiger partial charge in [0.1, 0.15) is 5.82 Å². The van der Waals surface area contributed by atoms with Crippen molar-refractivity contribution in [1.29, 1.82) is 0 Å². The molecule has 0 amide bonds. The Morgan fingerprint density at radius 1 is 0.972 bits per heavy atom. The molecular weight excluding hydrogens is 464 g/mol. The Labute approximate surface area is 206 Å². The van der Waals surface area contributed by atoms with E-state index in [1.807, 2.05) is 54.3 Å². The number of aromatic nitrogens is 6. The van der Waals surface area contributed by atoms with Crippen molar-refractivity contribution in [1.82, 2.24) is 29.7 Å². The van der Waals surface area contributed by atoms with Crippen LogP contribution in [0, 0.1) is 5.41 Å². The summed E-state index contributed by atoms with van der Waals surface area (Å²) in [6, 6.07) is 13.4. The Morgan fingerprint density at radius 2 is 1.72 bits per heavy atom. The molecule has 3 aromatic heterocycles. The highest BCUT2D eigenvalue weighted by molar-refractivity contribution is 5.66. The van der Waals surface area contributed by atoms with Gasteiger partial charge in [0.2, 0.25) is 17.8 Å². The zero-order valence-electron chi connectivity index (χ0n) is 19.7. The molecule has 6 rings (SSSR count). The first-order valence-electron chi connectivity index (χ1n) is 11.8. The topological polar surface area (TPSA) is 111 Å². The molecule has 36 heavy (non-hydrogen) atoms. The van der Waals surface area contributed by atoms with Crippen LogP contribution in [0.5, 0.6) is 0 Å². The number of nitrogens with two attached hydrogens (primary N) is 1. The quantitative estimate of drug-likeness (QED) is 0.411. The predicted octanol–water partition coefficient (Wildman–Crippen LogP) is 4.38. The van der Waals surface area contributed by atoms with E-state index in [4.69, 9.17) is 5.73 Å². The Bertz CT molecular complexity index is 1380. The highest BCUT2D eigenvalue weighted by Gasteiger charge is 2.61. The maximum atomic E-state index is 13.3. The van der Waals surface area contributed by atoms with Crippen molar-refractivity contribution < 1.29 is 8.78 Å². The SMILES string of the molecule is CCn1nc(-c2ccc(N3CC4(C3)CC(F)(F)C4)nc2)nc1Nc1ccc(-c2ccnc(N)n2)cc1. The molecule has 0 atom stereocenters. The second-order valence-corrected chi connectivity index (χ2v) is 9.55. The van der Waals surface area contributed by atoms with Crippen molar-refractivity contribution in [2.75, 3.05) is 29.0 Å². The average Bonchev–Trinajstić information content (AvgIpc) is 3.24.